The van der Waals surface area contributed by atoms with E-state index in [1.54, 1.807) is 4.90 Å². The van der Waals surface area contributed by atoms with Crippen LogP contribution in [0.1, 0.15) is 5.56 Å². The second-order valence-corrected chi connectivity index (χ2v) is 3.43. The van der Waals surface area contributed by atoms with Crippen LogP contribution < -0.4 is 4.90 Å². The summed E-state index contributed by atoms with van der Waals surface area (Å²) < 4.78 is 39.0. The summed E-state index contributed by atoms with van der Waals surface area (Å²) in [6, 6.07) is 8.69. The number of para-hydroxylation sites is 1. The number of halogens is 4. The summed E-state index contributed by atoms with van der Waals surface area (Å²) >= 11 is 0. The Balaban J connectivity index is 0.000000195. The van der Waals surface area contributed by atoms with Gasteiger partial charge in [0.1, 0.15) is 5.69 Å². The lowest BCUT2D eigenvalue weighted by atomic mass is 10.2. The zero-order chi connectivity index (χ0) is 11.5. The van der Waals surface area contributed by atoms with Gasteiger partial charge in [0.2, 0.25) is 0 Å². The van der Waals surface area contributed by atoms with Gasteiger partial charge in [-0.3, -0.25) is 0 Å². The second kappa shape index (κ2) is 4.66. The molecule has 15 heavy (non-hydrogen) atoms. The number of likely N-dealkylation sites (N-methyl/N-ethyl adjacent to an activating group) is 1. The van der Waals surface area contributed by atoms with Crippen LogP contribution >= 0.6 is 0 Å². The van der Waals surface area contributed by atoms with E-state index in [-0.39, 0.29) is 0 Å². The van der Waals surface area contributed by atoms with Crippen LogP contribution in [0.4, 0.5) is 23.0 Å². The number of quaternary nitrogens is 1. The number of hydrogen-bond donors (Lipinski definition) is 1. The van der Waals surface area contributed by atoms with E-state index in [9.17, 15) is 17.3 Å². The van der Waals surface area contributed by atoms with Gasteiger partial charge in [-0.15, -0.1) is 0 Å². The molecule has 0 aromatic heterocycles. The lowest BCUT2D eigenvalue weighted by molar-refractivity contribution is -0.803. The van der Waals surface area contributed by atoms with Crippen molar-refractivity contribution in [2.24, 2.45) is 0 Å². The molecule has 0 aliphatic carbocycles. The maximum atomic E-state index is 9.75. The molecule has 0 saturated heterocycles. The summed E-state index contributed by atoms with van der Waals surface area (Å²) in [6.07, 6.45) is 1.25. The first kappa shape index (κ1) is 12.0. The van der Waals surface area contributed by atoms with Crippen LogP contribution in [-0.2, 0) is 6.42 Å². The molecule has 0 radical (unpaired) electrons. The highest BCUT2D eigenvalue weighted by molar-refractivity contribution is 6.50. The molecule has 1 unspecified atom stereocenters. The number of nitrogens with one attached hydrogen (secondary N) is 1. The number of fused-ring (bicyclic) bond motifs is 1. The zero-order valence-electron chi connectivity index (χ0n) is 8.31. The topological polar surface area (TPSA) is 4.44 Å². The van der Waals surface area contributed by atoms with Crippen LogP contribution in [0.15, 0.2) is 24.3 Å². The molecule has 1 N–H and O–H groups in total. The molecule has 84 valence electrons. The minimum absolute atomic E-state index is 1.25. The highest BCUT2D eigenvalue weighted by atomic mass is 19.5. The predicted octanol–water partition coefficient (Wildman–Crippen LogP) is 1.69. The van der Waals surface area contributed by atoms with Gasteiger partial charge in [0.15, 0.2) is 0 Å². The van der Waals surface area contributed by atoms with Gasteiger partial charge in [0, 0.05) is 12.0 Å². The van der Waals surface area contributed by atoms with Gasteiger partial charge in [-0.25, -0.2) is 0 Å². The third kappa shape index (κ3) is 4.33. The molecule has 0 saturated carbocycles. The summed E-state index contributed by atoms with van der Waals surface area (Å²) in [5.41, 5.74) is 3.02. The summed E-state index contributed by atoms with van der Waals surface area (Å²) in [6.45, 7) is 1.26. The van der Waals surface area contributed by atoms with Crippen molar-refractivity contribution in [2.75, 3.05) is 13.6 Å². The maximum Gasteiger partial charge on any atom is 0.673 e. The Morgan fingerprint density at radius 1 is 1.13 bits per heavy atom. The lowest BCUT2D eigenvalue weighted by Crippen LogP contribution is -3.02. The van der Waals surface area contributed by atoms with Gasteiger partial charge in [-0.2, -0.15) is 0 Å². The van der Waals surface area contributed by atoms with Crippen molar-refractivity contribution in [3.05, 3.63) is 29.8 Å². The predicted molar refractivity (Wildman–Crippen MR) is 51.7 cm³/mol. The molecule has 0 spiro atoms. The zero-order valence-corrected chi connectivity index (χ0v) is 8.31. The minimum Gasteiger partial charge on any atom is -0.418 e. The SMILES string of the molecule is C[NH+]1CCc2ccccc21.F[B-](F)(F)F. The van der Waals surface area contributed by atoms with Gasteiger partial charge < -0.3 is 22.2 Å². The molecule has 6 heteroatoms. The number of hydrogen-bond acceptors (Lipinski definition) is 0. The molecule has 1 atom stereocenters. The Kier molecular flexibility index (Phi) is 3.74. The van der Waals surface area contributed by atoms with Crippen molar-refractivity contribution in [1.82, 2.24) is 0 Å². The van der Waals surface area contributed by atoms with Crippen LogP contribution in [0.3, 0.4) is 0 Å². The van der Waals surface area contributed by atoms with Gasteiger partial charge >= 0.3 is 7.25 Å². The van der Waals surface area contributed by atoms with E-state index in [0.717, 1.165) is 0 Å². The van der Waals surface area contributed by atoms with Crippen molar-refractivity contribution in [3.8, 4) is 0 Å². The molecule has 0 bridgehead atoms. The fraction of sp³-hybridized carbons (Fsp3) is 0.333. The van der Waals surface area contributed by atoms with E-state index >= 15 is 0 Å². The molecule has 1 aromatic rings. The van der Waals surface area contributed by atoms with E-state index in [4.69, 9.17) is 0 Å². The largest absolute Gasteiger partial charge is 0.673 e. The Bertz CT molecular complexity index is 320. The average Bonchev–Trinajstić information content (AvgIpc) is 2.46. The van der Waals surface area contributed by atoms with Crippen LogP contribution in [0.25, 0.3) is 0 Å². The molecular formula is C9H12BF4N. The third-order valence-electron chi connectivity index (χ3n) is 2.25. The van der Waals surface area contributed by atoms with Gasteiger partial charge in [-0.1, -0.05) is 18.2 Å². The quantitative estimate of drug-likeness (QED) is 0.502. The Hall–Kier alpha value is -1.04. The first-order valence-electron chi connectivity index (χ1n) is 4.66. The number of benzene rings is 1. The van der Waals surface area contributed by atoms with E-state index in [0.29, 0.717) is 0 Å². The van der Waals surface area contributed by atoms with Crippen LogP contribution in [0, 0.1) is 0 Å². The van der Waals surface area contributed by atoms with Crippen LogP contribution in [-0.4, -0.2) is 20.8 Å². The fourth-order valence-electron chi connectivity index (χ4n) is 1.61. The third-order valence-corrected chi connectivity index (χ3v) is 2.25. The van der Waals surface area contributed by atoms with Crippen molar-refractivity contribution in [1.29, 1.82) is 0 Å². The van der Waals surface area contributed by atoms with E-state index in [1.165, 1.54) is 24.2 Å². The minimum atomic E-state index is -6.00. The average molecular weight is 221 g/mol. The fourth-order valence-corrected chi connectivity index (χ4v) is 1.61. The van der Waals surface area contributed by atoms with Gasteiger partial charge in [-0.05, 0) is 6.07 Å². The summed E-state index contributed by atoms with van der Waals surface area (Å²) in [7, 11) is -3.77. The van der Waals surface area contributed by atoms with Crippen LogP contribution in [0.5, 0.6) is 0 Å². The summed E-state index contributed by atoms with van der Waals surface area (Å²) in [5, 5.41) is 0. The number of rotatable bonds is 0. The molecule has 0 fully saturated rings. The Morgan fingerprint density at radius 3 is 2.20 bits per heavy atom. The van der Waals surface area contributed by atoms with Crippen molar-refractivity contribution in [3.63, 3.8) is 0 Å². The first-order chi connectivity index (χ1) is 6.88. The molecular weight excluding hydrogens is 209 g/mol. The van der Waals surface area contributed by atoms with Crippen LogP contribution in [0.2, 0.25) is 0 Å². The van der Waals surface area contributed by atoms with E-state index in [2.05, 4.69) is 31.3 Å². The molecule has 1 aliphatic heterocycles. The molecule has 1 aliphatic rings. The molecule has 2 rings (SSSR count). The van der Waals surface area contributed by atoms with Gasteiger partial charge in [0.25, 0.3) is 0 Å². The standard InChI is InChI=1S/C9H11N.BF4/c1-10-7-6-8-4-2-3-5-9(8)10;2-1(3,4)5/h2-5H,6-7H2,1H3;/q;-1/p+1. The van der Waals surface area contributed by atoms with Gasteiger partial charge in [0.05, 0.1) is 13.6 Å². The molecule has 1 nitrogen and oxygen atoms in total. The highest BCUT2D eigenvalue weighted by Crippen LogP contribution is 2.13. The van der Waals surface area contributed by atoms with Crippen molar-refractivity contribution in [2.45, 2.75) is 6.42 Å². The van der Waals surface area contributed by atoms with Crippen molar-refractivity contribution >= 4 is 12.9 Å². The smallest absolute Gasteiger partial charge is 0.418 e. The Labute approximate surface area is 85.8 Å². The summed E-state index contributed by atoms with van der Waals surface area (Å²) in [5.74, 6) is 0. The molecule has 1 heterocycles. The van der Waals surface area contributed by atoms with Crippen molar-refractivity contribution < 1.29 is 22.2 Å². The first-order valence-corrected chi connectivity index (χ1v) is 4.66. The van der Waals surface area contributed by atoms with E-state index < -0.39 is 7.25 Å². The molecule has 1 aromatic carbocycles. The second-order valence-electron chi connectivity index (χ2n) is 3.43. The lowest BCUT2D eigenvalue weighted by Gasteiger charge is -2.03. The van der Waals surface area contributed by atoms with E-state index in [1.807, 2.05) is 0 Å². The Morgan fingerprint density at radius 2 is 1.67 bits per heavy atom. The monoisotopic (exact) mass is 221 g/mol. The summed E-state index contributed by atoms with van der Waals surface area (Å²) in [4.78, 5) is 1.55. The normalized spacial score (nSPS) is 19.1. The molecule has 0 amide bonds. The highest BCUT2D eigenvalue weighted by Gasteiger charge is 2.20. The maximum absolute atomic E-state index is 9.75.